The number of rotatable bonds is 7. The van der Waals surface area contributed by atoms with Crippen LogP contribution < -0.4 is 5.73 Å². The number of hydrogen-bond acceptors (Lipinski definition) is 3. The molecule has 0 bridgehead atoms. The second kappa shape index (κ2) is 7.43. The number of hydrogen-bond donors (Lipinski definition) is 1. The van der Waals surface area contributed by atoms with Crippen molar-refractivity contribution in [1.29, 1.82) is 0 Å². The van der Waals surface area contributed by atoms with E-state index in [2.05, 4.69) is 17.2 Å². The smallest absolute Gasteiger partial charge is 0.0834 e. The number of methoxy groups -OCH3 is 1. The highest BCUT2D eigenvalue weighted by atomic mass is 35.5. The first-order chi connectivity index (χ1) is 9.72. The molecule has 2 rings (SSSR count). The molecule has 108 valence electrons. The van der Waals surface area contributed by atoms with Gasteiger partial charge >= 0.3 is 0 Å². The first kappa shape index (κ1) is 15.0. The van der Waals surface area contributed by atoms with Gasteiger partial charge in [-0.1, -0.05) is 41.9 Å². The summed E-state index contributed by atoms with van der Waals surface area (Å²) in [5.41, 5.74) is 8.44. The van der Waals surface area contributed by atoms with E-state index < -0.39 is 0 Å². The molecule has 1 heterocycles. The molecule has 2 N–H and O–H groups in total. The predicted octanol–water partition coefficient (Wildman–Crippen LogP) is 2.82. The highest BCUT2D eigenvalue weighted by Gasteiger charge is 2.16. The van der Waals surface area contributed by atoms with Gasteiger partial charge in [-0.3, -0.25) is 4.68 Å². The summed E-state index contributed by atoms with van der Waals surface area (Å²) in [6.07, 6.45) is 3.41. The quantitative estimate of drug-likeness (QED) is 0.854. The molecule has 0 saturated carbocycles. The summed E-state index contributed by atoms with van der Waals surface area (Å²) in [5.74, 6) is 0. The van der Waals surface area contributed by atoms with E-state index in [1.807, 2.05) is 22.9 Å². The predicted molar refractivity (Wildman–Crippen MR) is 80.8 cm³/mol. The molecule has 0 spiro atoms. The van der Waals surface area contributed by atoms with E-state index in [0.717, 1.165) is 18.5 Å². The summed E-state index contributed by atoms with van der Waals surface area (Å²) in [4.78, 5) is 0. The Morgan fingerprint density at radius 3 is 2.80 bits per heavy atom. The first-order valence-electron chi connectivity index (χ1n) is 6.72. The van der Waals surface area contributed by atoms with Gasteiger partial charge in [-0.15, -0.1) is 0 Å². The topological polar surface area (TPSA) is 53.1 Å². The zero-order chi connectivity index (χ0) is 14.4. The third-order valence-corrected chi connectivity index (χ3v) is 3.57. The molecule has 1 unspecified atom stereocenters. The Hall–Kier alpha value is -1.36. The minimum Gasteiger partial charge on any atom is -0.383 e. The van der Waals surface area contributed by atoms with Crippen molar-refractivity contribution in [2.45, 2.75) is 25.4 Å². The molecule has 0 aliphatic heterocycles. The van der Waals surface area contributed by atoms with E-state index in [1.165, 1.54) is 5.56 Å². The van der Waals surface area contributed by atoms with Gasteiger partial charge in [0.1, 0.15) is 0 Å². The van der Waals surface area contributed by atoms with E-state index in [0.29, 0.717) is 18.2 Å². The minimum atomic E-state index is -0.123. The Balaban J connectivity index is 2.01. The van der Waals surface area contributed by atoms with E-state index in [9.17, 15) is 0 Å². The Morgan fingerprint density at radius 2 is 2.10 bits per heavy atom. The molecule has 5 heteroatoms. The van der Waals surface area contributed by atoms with Crippen molar-refractivity contribution in [3.8, 4) is 0 Å². The number of nitrogens with zero attached hydrogens (tertiary/aromatic N) is 2. The first-order valence-corrected chi connectivity index (χ1v) is 7.10. The third kappa shape index (κ3) is 3.82. The molecule has 0 aliphatic rings. The molecule has 20 heavy (non-hydrogen) atoms. The minimum absolute atomic E-state index is 0.123. The summed E-state index contributed by atoms with van der Waals surface area (Å²) in [7, 11) is 1.67. The highest BCUT2D eigenvalue weighted by molar-refractivity contribution is 6.31. The van der Waals surface area contributed by atoms with Gasteiger partial charge in [-0.25, -0.2) is 0 Å². The van der Waals surface area contributed by atoms with Gasteiger partial charge in [0.25, 0.3) is 0 Å². The van der Waals surface area contributed by atoms with Crippen LogP contribution in [-0.2, 0) is 17.7 Å². The van der Waals surface area contributed by atoms with Crippen LogP contribution in [0.4, 0.5) is 0 Å². The molecule has 4 nitrogen and oxygen atoms in total. The van der Waals surface area contributed by atoms with Gasteiger partial charge in [-0.05, 0) is 18.4 Å². The van der Waals surface area contributed by atoms with Crippen molar-refractivity contribution in [2.75, 3.05) is 13.7 Å². The largest absolute Gasteiger partial charge is 0.383 e. The Morgan fingerprint density at radius 1 is 1.35 bits per heavy atom. The second-order valence-corrected chi connectivity index (χ2v) is 5.13. The molecular weight excluding hydrogens is 274 g/mol. The van der Waals surface area contributed by atoms with Gasteiger partial charge in [-0.2, -0.15) is 5.10 Å². The van der Waals surface area contributed by atoms with Crippen LogP contribution in [0.2, 0.25) is 5.02 Å². The lowest BCUT2D eigenvalue weighted by atomic mass is 10.0. The van der Waals surface area contributed by atoms with Crippen LogP contribution in [0.5, 0.6) is 0 Å². The average molecular weight is 294 g/mol. The number of ether oxygens (including phenoxy) is 1. The van der Waals surface area contributed by atoms with E-state index in [-0.39, 0.29) is 6.04 Å². The maximum absolute atomic E-state index is 6.27. The zero-order valence-electron chi connectivity index (χ0n) is 11.6. The SMILES string of the molecule is COCCn1ncc(Cl)c1C(N)CCc1ccccc1. The molecule has 0 amide bonds. The molecule has 2 aromatic rings. The fourth-order valence-corrected chi connectivity index (χ4v) is 2.48. The van der Waals surface area contributed by atoms with Crippen LogP contribution in [-0.4, -0.2) is 23.5 Å². The molecule has 0 aliphatic carbocycles. The van der Waals surface area contributed by atoms with Gasteiger partial charge in [0.05, 0.1) is 30.1 Å². The molecule has 1 aromatic carbocycles. The fraction of sp³-hybridized carbons (Fsp3) is 0.400. The Bertz CT molecular complexity index is 527. The van der Waals surface area contributed by atoms with Crippen LogP contribution >= 0.6 is 11.6 Å². The van der Waals surface area contributed by atoms with Crippen molar-refractivity contribution >= 4 is 11.6 Å². The maximum atomic E-state index is 6.27. The van der Waals surface area contributed by atoms with Gasteiger partial charge in [0.15, 0.2) is 0 Å². The highest BCUT2D eigenvalue weighted by Crippen LogP contribution is 2.24. The maximum Gasteiger partial charge on any atom is 0.0834 e. The average Bonchev–Trinajstić information content (AvgIpc) is 2.84. The van der Waals surface area contributed by atoms with Crippen LogP contribution in [0.15, 0.2) is 36.5 Å². The standard InChI is InChI=1S/C15H20ClN3O/c1-20-10-9-19-15(13(16)11-18-19)14(17)8-7-12-5-3-2-4-6-12/h2-6,11,14H,7-10,17H2,1H3. The summed E-state index contributed by atoms with van der Waals surface area (Å²) < 4.78 is 6.91. The zero-order valence-corrected chi connectivity index (χ0v) is 12.4. The normalized spacial score (nSPS) is 12.6. The molecule has 1 aromatic heterocycles. The van der Waals surface area contributed by atoms with Crippen molar-refractivity contribution in [3.05, 3.63) is 52.8 Å². The summed E-state index contributed by atoms with van der Waals surface area (Å²) >= 11 is 6.20. The van der Waals surface area contributed by atoms with Crippen LogP contribution in [0.3, 0.4) is 0 Å². The van der Waals surface area contributed by atoms with Crippen LogP contribution in [0.25, 0.3) is 0 Å². The summed E-state index contributed by atoms with van der Waals surface area (Å²) in [5, 5.41) is 4.88. The van der Waals surface area contributed by atoms with Gasteiger partial charge in [0.2, 0.25) is 0 Å². The molecule has 1 atom stereocenters. The lowest BCUT2D eigenvalue weighted by Crippen LogP contribution is -2.19. The number of halogens is 1. The number of aryl methyl sites for hydroxylation is 1. The van der Waals surface area contributed by atoms with E-state index in [1.54, 1.807) is 13.3 Å². The van der Waals surface area contributed by atoms with Crippen molar-refractivity contribution in [3.63, 3.8) is 0 Å². The Kier molecular flexibility index (Phi) is 5.59. The fourth-order valence-electron chi connectivity index (χ4n) is 2.20. The van der Waals surface area contributed by atoms with Crippen LogP contribution in [0, 0.1) is 0 Å². The second-order valence-electron chi connectivity index (χ2n) is 4.72. The van der Waals surface area contributed by atoms with Crippen molar-refractivity contribution in [2.24, 2.45) is 5.73 Å². The molecule has 0 radical (unpaired) electrons. The number of aromatic nitrogens is 2. The van der Waals surface area contributed by atoms with Gasteiger partial charge < -0.3 is 10.5 Å². The Labute approximate surface area is 124 Å². The lowest BCUT2D eigenvalue weighted by molar-refractivity contribution is 0.182. The third-order valence-electron chi connectivity index (χ3n) is 3.28. The van der Waals surface area contributed by atoms with Crippen LogP contribution in [0.1, 0.15) is 23.7 Å². The molecule has 0 saturated heterocycles. The van der Waals surface area contributed by atoms with Crippen molar-refractivity contribution in [1.82, 2.24) is 9.78 Å². The van der Waals surface area contributed by atoms with E-state index in [4.69, 9.17) is 22.1 Å². The lowest BCUT2D eigenvalue weighted by Gasteiger charge is -2.15. The number of nitrogens with two attached hydrogens (primary N) is 1. The summed E-state index contributed by atoms with van der Waals surface area (Å²) in [6, 6.07) is 10.2. The van der Waals surface area contributed by atoms with E-state index >= 15 is 0 Å². The van der Waals surface area contributed by atoms with Crippen molar-refractivity contribution < 1.29 is 4.74 Å². The molecule has 0 fully saturated rings. The molecular formula is C15H20ClN3O. The monoisotopic (exact) mass is 293 g/mol. The summed E-state index contributed by atoms with van der Waals surface area (Å²) in [6.45, 7) is 1.26. The number of benzene rings is 1. The van der Waals surface area contributed by atoms with Gasteiger partial charge in [0, 0.05) is 13.2 Å².